The summed E-state index contributed by atoms with van der Waals surface area (Å²) in [5, 5.41) is 8.58. The van der Waals surface area contributed by atoms with Gasteiger partial charge in [0.1, 0.15) is 5.75 Å². The number of ether oxygens (including phenoxy) is 2. The molecule has 1 spiro atoms. The van der Waals surface area contributed by atoms with Gasteiger partial charge in [-0.2, -0.15) is 0 Å². The molecule has 2 N–H and O–H groups in total. The summed E-state index contributed by atoms with van der Waals surface area (Å²) in [4.78, 5) is 18.6. The lowest BCUT2D eigenvalue weighted by Gasteiger charge is -2.46. The molecule has 1 atom stereocenters. The third kappa shape index (κ3) is 4.97. The van der Waals surface area contributed by atoms with Crippen LogP contribution in [-0.4, -0.2) is 36.8 Å². The molecule has 4 rings (SSSR count). The van der Waals surface area contributed by atoms with Gasteiger partial charge >= 0.3 is 0 Å². The quantitative estimate of drug-likeness (QED) is 0.669. The SMILES string of the molecule is COc1ccsc1CNCC(=O)NC1(c2ccccn2)CCOC2(CCCC2)C1.Cl. The lowest BCUT2D eigenvalue weighted by molar-refractivity contribution is -0.132. The second-order valence-corrected chi connectivity index (χ2v) is 9.03. The van der Waals surface area contributed by atoms with Crippen LogP contribution in [0.4, 0.5) is 0 Å². The van der Waals surface area contributed by atoms with E-state index in [1.54, 1.807) is 24.6 Å². The van der Waals surface area contributed by atoms with Crippen LogP contribution in [0.3, 0.4) is 0 Å². The first kappa shape index (κ1) is 23.0. The van der Waals surface area contributed by atoms with E-state index >= 15 is 0 Å². The van der Waals surface area contributed by atoms with Gasteiger partial charge in [0.05, 0.1) is 35.4 Å². The van der Waals surface area contributed by atoms with Crippen molar-refractivity contribution in [1.82, 2.24) is 15.6 Å². The lowest BCUT2D eigenvalue weighted by Crippen LogP contribution is -2.57. The van der Waals surface area contributed by atoms with Crippen LogP contribution in [0.15, 0.2) is 35.8 Å². The average Bonchev–Trinajstić information content (AvgIpc) is 3.38. The molecule has 3 heterocycles. The summed E-state index contributed by atoms with van der Waals surface area (Å²) in [5.41, 5.74) is 0.340. The Morgan fingerprint density at radius 3 is 2.83 bits per heavy atom. The van der Waals surface area contributed by atoms with Crippen molar-refractivity contribution in [1.29, 1.82) is 0 Å². The van der Waals surface area contributed by atoms with Crippen LogP contribution in [0.5, 0.6) is 5.75 Å². The molecule has 2 fully saturated rings. The van der Waals surface area contributed by atoms with Crippen LogP contribution >= 0.6 is 23.7 Å². The van der Waals surface area contributed by atoms with Crippen molar-refractivity contribution < 1.29 is 14.3 Å². The largest absolute Gasteiger partial charge is 0.496 e. The molecule has 0 bridgehead atoms. The summed E-state index contributed by atoms with van der Waals surface area (Å²) in [6.45, 7) is 1.51. The maximum absolute atomic E-state index is 12.9. The van der Waals surface area contributed by atoms with Gasteiger partial charge in [-0.15, -0.1) is 23.7 Å². The molecule has 0 radical (unpaired) electrons. The number of halogens is 1. The summed E-state index contributed by atoms with van der Waals surface area (Å²) in [6, 6.07) is 7.88. The molecule has 8 heteroatoms. The zero-order valence-corrected chi connectivity index (χ0v) is 18.9. The van der Waals surface area contributed by atoms with Gasteiger partial charge in [0.2, 0.25) is 5.91 Å². The number of thiophene rings is 1. The molecule has 6 nitrogen and oxygen atoms in total. The Labute approximate surface area is 188 Å². The summed E-state index contributed by atoms with van der Waals surface area (Å²) in [6.07, 6.45) is 7.85. The molecular formula is C22H30ClN3O3S. The minimum atomic E-state index is -0.469. The molecule has 30 heavy (non-hydrogen) atoms. The molecule has 1 aliphatic heterocycles. The number of aromatic nitrogens is 1. The van der Waals surface area contributed by atoms with Crippen LogP contribution in [0.2, 0.25) is 0 Å². The summed E-state index contributed by atoms with van der Waals surface area (Å²) >= 11 is 1.62. The maximum atomic E-state index is 12.9. The van der Waals surface area contributed by atoms with Crippen LogP contribution < -0.4 is 15.4 Å². The fourth-order valence-electron chi connectivity index (χ4n) is 4.75. The van der Waals surface area contributed by atoms with E-state index in [1.165, 1.54) is 12.8 Å². The van der Waals surface area contributed by atoms with Crippen molar-refractivity contribution in [3.8, 4) is 5.75 Å². The smallest absolute Gasteiger partial charge is 0.234 e. The minimum Gasteiger partial charge on any atom is -0.496 e. The van der Waals surface area contributed by atoms with Gasteiger partial charge in [0.25, 0.3) is 0 Å². The highest BCUT2D eigenvalue weighted by Gasteiger charge is 2.49. The Hall–Kier alpha value is -1.67. The molecule has 1 aliphatic carbocycles. The van der Waals surface area contributed by atoms with Crippen LogP contribution in [0.1, 0.15) is 49.1 Å². The van der Waals surface area contributed by atoms with Crippen molar-refractivity contribution in [3.63, 3.8) is 0 Å². The van der Waals surface area contributed by atoms with Crippen LogP contribution in [0.25, 0.3) is 0 Å². The predicted octanol–water partition coefficient (Wildman–Crippen LogP) is 3.80. The number of hydrogen-bond donors (Lipinski definition) is 2. The third-order valence-electron chi connectivity index (χ3n) is 6.11. The van der Waals surface area contributed by atoms with Crippen molar-refractivity contribution in [2.45, 2.75) is 56.2 Å². The fraction of sp³-hybridized carbons (Fsp3) is 0.545. The number of nitrogens with zero attached hydrogens (tertiary/aromatic N) is 1. The molecule has 1 saturated heterocycles. The number of carbonyl (C=O) groups is 1. The predicted molar refractivity (Wildman–Crippen MR) is 120 cm³/mol. The molecular weight excluding hydrogens is 422 g/mol. The van der Waals surface area contributed by atoms with E-state index < -0.39 is 5.54 Å². The Morgan fingerprint density at radius 2 is 2.10 bits per heavy atom. The van der Waals surface area contributed by atoms with Crippen molar-refractivity contribution in [3.05, 3.63) is 46.4 Å². The van der Waals surface area contributed by atoms with E-state index in [-0.39, 0.29) is 30.5 Å². The number of pyridine rings is 1. The van der Waals surface area contributed by atoms with Crippen molar-refractivity contribution >= 4 is 29.7 Å². The Morgan fingerprint density at radius 1 is 1.27 bits per heavy atom. The topological polar surface area (TPSA) is 72.5 Å². The molecule has 164 valence electrons. The second kappa shape index (κ2) is 10.1. The Kier molecular flexibility index (Phi) is 7.74. The van der Waals surface area contributed by atoms with Gasteiger partial charge in [-0.3, -0.25) is 9.78 Å². The summed E-state index contributed by atoms with van der Waals surface area (Å²) in [5.74, 6) is 0.849. The number of rotatable bonds is 7. The molecule has 1 amide bonds. The Bertz CT molecular complexity index is 826. The molecule has 0 aromatic carbocycles. The van der Waals surface area contributed by atoms with E-state index in [1.807, 2.05) is 29.6 Å². The van der Waals surface area contributed by atoms with Gasteiger partial charge in [-0.1, -0.05) is 18.9 Å². The number of amides is 1. The zero-order chi connectivity index (χ0) is 20.2. The zero-order valence-electron chi connectivity index (χ0n) is 17.3. The highest BCUT2D eigenvalue weighted by atomic mass is 35.5. The standard InChI is InChI=1S/C22H29N3O3S.ClH/c1-27-17-7-13-29-18(17)14-23-15-20(26)25-22(19-6-2-5-11-24-19)10-12-28-21(16-22)8-3-4-9-21;/h2,5-7,11,13,23H,3-4,8-10,12,14-16H2,1H3,(H,25,26);1H. The average molecular weight is 452 g/mol. The van der Waals surface area contributed by atoms with Gasteiger partial charge < -0.3 is 20.1 Å². The first-order valence-corrected chi connectivity index (χ1v) is 11.2. The highest BCUT2D eigenvalue weighted by Crippen LogP contribution is 2.46. The Balaban J connectivity index is 0.00000256. The van der Waals surface area contributed by atoms with Crippen molar-refractivity contribution in [2.24, 2.45) is 0 Å². The van der Waals surface area contributed by atoms with E-state index in [9.17, 15) is 4.79 Å². The van der Waals surface area contributed by atoms with E-state index in [0.29, 0.717) is 13.2 Å². The summed E-state index contributed by atoms with van der Waals surface area (Å²) < 4.78 is 11.6. The molecule has 2 aliphatic rings. The first-order chi connectivity index (χ1) is 14.1. The van der Waals surface area contributed by atoms with E-state index in [4.69, 9.17) is 9.47 Å². The molecule has 2 aromatic heterocycles. The molecule has 1 saturated carbocycles. The lowest BCUT2D eigenvalue weighted by atomic mass is 9.76. The fourth-order valence-corrected chi connectivity index (χ4v) is 5.56. The number of nitrogens with one attached hydrogen (secondary N) is 2. The van der Waals surface area contributed by atoms with Gasteiger partial charge in [0, 0.05) is 25.8 Å². The first-order valence-electron chi connectivity index (χ1n) is 10.3. The van der Waals surface area contributed by atoms with Gasteiger partial charge in [-0.25, -0.2) is 0 Å². The van der Waals surface area contributed by atoms with Gasteiger partial charge in [-0.05, 0) is 42.8 Å². The highest BCUT2D eigenvalue weighted by molar-refractivity contribution is 7.10. The van der Waals surface area contributed by atoms with Gasteiger partial charge in [0.15, 0.2) is 0 Å². The maximum Gasteiger partial charge on any atom is 0.234 e. The molecule has 2 aromatic rings. The van der Waals surface area contributed by atoms with E-state index in [0.717, 1.165) is 42.0 Å². The second-order valence-electron chi connectivity index (χ2n) is 8.03. The van der Waals surface area contributed by atoms with E-state index in [2.05, 4.69) is 15.6 Å². The monoisotopic (exact) mass is 451 g/mol. The van der Waals surface area contributed by atoms with Crippen LogP contribution in [-0.2, 0) is 21.6 Å². The number of carbonyl (C=O) groups excluding carboxylic acids is 1. The minimum absolute atomic E-state index is 0. The molecule has 1 unspecified atom stereocenters. The third-order valence-corrected chi connectivity index (χ3v) is 7.01. The summed E-state index contributed by atoms with van der Waals surface area (Å²) in [7, 11) is 1.67. The van der Waals surface area contributed by atoms with Crippen LogP contribution in [0, 0.1) is 0 Å². The number of methoxy groups -OCH3 is 1. The number of hydrogen-bond acceptors (Lipinski definition) is 6. The van der Waals surface area contributed by atoms with Crippen molar-refractivity contribution in [2.75, 3.05) is 20.3 Å². The normalized spacial score (nSPS) is 22.4.